The minimum atomic E-state index is 0.870. The van der Waals surface area contributed by atoms with Crippen molar-refractivity contribution in [2.24, 2.45) is 0 Å². The molecular weight excluding hydrogens is 254 g/mol. The fraction of sp³-hybridized carbons (Fsp3) is 0. The van der Waals surface area contributed by atoms with Crippen molar-refractivity contribution in [1.82, 2.24) is 0 Å². The molecule has 0 fully saturated rings. The van der Waals surface area contributed by atoms with Crippen molar-refractivity contribution in [3.05, 3.63) is 27.4 Å². The zero-order valence-corrected chi connectivity index (χ0v) is 9.30. The van der Waals surface area contributed by atoms with E-state index in [9.17, 15) is 0 Å². The number of rotatable bonds is 1. The highest BCUT2D eigenvalue weighted by atomic mass is 79.9. The molecule has 0 saturated heterocycles. The predicted molar refractivity (Wildman–Crippen MR) is 59.7 cm³/mol. The average molecular weight is 260 g/mol. The molecule has 2 aromatic heterocycles. The van der Waals surface area contributed by atoms with E-state index in [0.717, 1.165) is 9.47 Å². The van der Waals surface area contributed by atoms with Gasteiger partial charge in [0.2, 0.25) is 0 Å². The minimum Gasteiger partial charge on any atom is -0.391 e. The topological polar surface area (TPSA) is 26.0 Å². The van der Waals surface area contributed by atoms with Crippen LogP contribution in [-0.4, -0.2) is 0 Å². The molecular formula is C8H6BrNS2. The van der Waals surface area contributed by atoms with Crippen LogP contribution >= 0.6 is 38.6 Å². The van der Waals surface area contributed by atoms with Crippen LogP contribution in [0.15, 0.2) is 27.4 Å². The number of hydrogen-bond acceptors (Lipinski definition) is 3. The highest BCUT2D eigenvalue weighted by Gasteiger charge is 2.02. The van der Waals surface area contributed by atoms with E-state index >= 15 is 0 Å². The van der Waals surface area contributed by atoms with Crippen LogP contribution in [-0.2, 0) is 0 Å². The first-order valence-corrected chi connectivity index (χ1v) is 5.89. The number of nitrogen functional groups attached to an aromatic ring is 1. The van der Waals surface area contributed by atoms with Gasteiger partial charge in [0.25, 0.3) is 0 Å². The Hall–Kier alpha value is -0.320. The van der Waals surface area contributed by atoms with Crippen molar-refractivity contribution in [3.8, 4) is 10.4 Å². The Morgan fingerprint density at radius 1 is 1.17 bits per heavy atom. The van der Waals surface area contributed by atoms with Crippen molar-refractivity contribution >= 4 is 43.6 Å². The third-order valence-corrected chi connectivity index (χ3v) is 3.97. The Morgan fingerprint density at radius 3 is 2.50 bits per heavy atom. The van der Waals surface area contributed by atoms with Crippen molar-refractivity contribution in [3.63, 3.8) is 0 Å². The zero-order chi connectivity index (χ0) is 8.55. The van der Waals surface area contributed by atoms with E-state index in [2.05, 4.69) is 32.8 Å². The summed E-state index contributed by atoms with van der Waals surface area (Å²) < 4.78 is 1.13. The normalized spacial score (nSPS) is 10.4. The lowest BCUT2D eigenvalue weighted by molar-refractivity contribution is 1.83. The van der Waals surface area contributed by atoms with Crippen LogP contribution in [0.1, 0.15) is 0 Å². The summed E-state index contributed by atoms with van der Waals surface area (Å²) in [6, 6.07) is 4.11. The second-order valence-electron chi connectivity index (χ2n) is 2.37. The lowest BCUT2D eigenvalue weighted by Crippen LogP contribution is -1.73. The Bertz CT molecular complexity index is 353. The largest absolute Gasteiger partial charge is 0.391 e. The molecule has 2 rings (SSSR count). The summed E-state index contributed by atoms with van der Waals surface area (Å²) in [6.45, 7) is 0. The van der Waals surface area contributed by atoms with Gasteiger partial charge in [0.1, 0.15) is 0 Å². The van der Waals surface area contributed by atoms with Crippen molar-refractivity contribution in [1.29, 1.82) is 0 Å². The highest BCUT2D eigenvalue weighted by molar-refractivity contribution is 9.10. The lowest BCUT2D eigenvalue weighted by Gasteiger charge is -1.86. The number of halogens is 1. The average Bonchev–Trinajstić information content (AvgIpc) is 2.58. The summed E-state index contributed by atoms with van der Waals surface area (Å²) >= 11 is 6.72. The maximum absolute atomic E-state index is 5.63. The summed E-state index contributed by atoms with van der Waals surface area (Å²) in [5.74, 6) is 0. The van der Waals surface area contributed by atoms with Gasteiger partial charge in [-0.3, -0.25) is 0 Å². The summed E-state index contributed by atoms with van der Waals surface area (Å²) in [5.41, 5.74) is 6.85. The van der Waals surface area contributed by atoms with Gasteiger partial charge in [-0.25, -0.2) is 0 Å². The third-order valence-electron chi connectivity index (χ3n) is 1.47. The zero-order valence-electron chi connectivity index (χ0n) is 6.08. The molecule has 1 nitrogen and oxygen atoms in total. The smallest absolute Gasteiger partial charge is 0.0863 e. The van der Waals surface area contributed by atoms with E-state index in [4.69, 9.17) is 5.73 Å². The molecule has 0 spiro atoms. The molecule has 0 atom stereocenters. The quantitative estimate of drug-likeness (QED) is 0.828. The second-order valence-corrected chi connectivity index (χ2v) is 5.14. The van der Waals surface area contributed by atoms with Crippen LogP contribution < -0.4 is 5.73 Å². The van der Waals surface area contributed by atoms with E-state index < -0.39 is 0 Å². The molecule has 0 aromatic carbocycles. The van der Waals surface area contributed by atoms with Crippen molar-refractivity contribution in [2.75, 3.05) is 5.73 Å². The molecule has 0 radical (unpaired) electrons. The van der Waals surface area contributed by atoms with Gasteiger partial charge in [0.05, 0.1) is 5.00 Å². The van der Waals surface area contributed by atoms with Gasteiger partial charge < -0.3 is 5.73 Å². The van der Waals surface area contributed by atoms with Gasteiger partial charge in [0, 0.05) is 25.7 Å². The standard InChI is InChI=1S/C8H6BrNS2/c9-6-2-7(11-4-6)5-1-8(10)12-3-5/h1-4H,10H2. The maximum atomic E-state index is 5.63. The summed E-state index contributed by atoms with van der Waals surface area (Å²) in [5, 5.41) is 5.02. The van der Waals surface area contributed by atoms with Gasteiger partial charge in [-0.1, -0.05) is 0 Å². The fourth-order valence-electron chi connectivity index (χ4n) is 0.946. The van der Waals surface area contributed by atoms with E-state index in [-0.39, 0.29) is 0 Å². The van der Waals surface area contributed by atoms with Crippen LogP contribution in [0.5, 0.6) is 0 Å². The van der Waals surface area contributed by atoms with Gasteiger partial charge in [0.15, 0.2) is 0 Å². The summed E-state index contributed by atoms with van der Waals surface area (Å²) in [7, 11) is 0. The summed E-state index contributed by atoms with van der Waals surface area (Å²) in [6.07, 6.45) is 0. The first kappa shape index (κ1) is 8.29. The molecule has 0 aliphatic rings. The Labute approximate surface area is 87.0 Å². The van der Waals surface area contributed by atoms with Crippen molar-refractivity contribution in [2.45, 2.75) is 0 Å². The van der Waals surface area contributed by atoms with Crippen LogP contribution in [0.3, 0.4) is 0 Å². The van der Waals surface area contributed by atoms with Gasteiger partial charge in [-0.05, 0) is 28.1 Å². The van der Waals surface area contributed by atoms with Gasteiger partial charge >= 0.3 is 0 Å². The molecule has 62 valence electrons. The van der Waals surface area contributed by atoms with Crippen LogP contribution in [0.2, 0.25) is 0 Å². The van der Waals surface area contributed by atoms with Crippen LogP contribution in [0.25, 0.3) is 10.4 Å². The lowest BCUT2D eigenvalue weighted by atomic mass is 10.3. The van der Waals surface area contributed by atoms with E-state index in [1.807, 2.05) is 6.07 Å². The fourth-order valence-corrected chi connectivity index (χ4v) is 3.09. The van der Waals surface area contributed by atoms with Crippen LogP contribution in [0, 0.1) is 0 Å². The van der Waals surface area contributed by atoms with E-state index in [0.29, 0.717) is 0 Å². The summed E-state index contributed by atoms with van der Waals surface area (Å²) in [4.78, 5) is 1.26. The molecule has 0 unspecified atom stereocenters. The Kier molecular flexibility index (Phi) is 2.21. The van der Waals surface area contributed by atoms with Gasteiger partial charge in [-0.2, -0.15) is 0 Å². The molecule has 0 aliphatic heterocycles. The van der Waals surface area contributed by atoms with Gasteiger partial charge in [-0.15, -0.1) is 22.7 Å². The second kappa shape index (κ2) is 3.20. The minimum absolute atomic E-state index is 0.870. The molecule has 2 heterocycles. The molecule has 2 N–H and O–H groups in total. The maximum Gasteiger partial charge on any atom is 0.0863 e. The first-order chi connectivity index (χ1) is 5.75. The molecule has 0 saturated carbocycles. The highest BCUT2D eigenvalue weighted by Crippen LogP contribution is 2.33. The number of thiophene rings is 2. The molecule has 0 amide bonds. The molecule has 0 bridgehead atoms. The third kappa shape index (κ3) is 1.55. The molecule has 0 aliphatic carbocycles. The van der Waals surface area contributed by atoms with E-state index in [1.54, 1.807) is 22.7 Å². The predicted octanol–water partition coefficient (Wildman–Crippen LogP) is 3.82. The molecule has 12 heavy (non-hydrogen) atoms. The van der Waals surface area contributed by atoms with E-state index in [1.165, 1.54) is 10.4 Å². The number of hydrogen-bond donors (Lipinski definition) is 1. The SMILES string of the molecule is Nc1cc(-c2cc(Br)cs2)cs1. The monoisotopic (exact) mass is 259 g/mol. The Balaban J connectivity index is 2.43. The Morgan fingerprint density at radius 2 is 2.00 bits per heavy atom. The molecule has 4 heteroatoms. The number of nitrogens with two attached hydrogens (primary N) is 1. The van der Waals surface area contributed by atoms with Crippen molar-refractivity contribution < 1.29 is 0 Å². The molecule has 2 aromatic rings. The van der Waals surface area contributed by atoms with Crippen LogP contribution in [0.4, 0.5) is 5.00 Å². The first-order valence-electron chi connectivity index (χ1n) is 3.34. The number of anilines is 1.